The van der Waals surface area contributed by atoms with Crippen LogP contribution in [0.1, 0.15) is 60.8 Å². The zero-order chi connectivity index (χ0) is 10.3. The van der Waals surface area contributed by atoms with Crippen molar-refractivity contribution in [3.05, 3.63) is 0 Å². The van der Waals surface area contributed by atoms with Gasteiger partial charge < -0.3 is 0 Å². The van der Waals surface area contributed by atoms with E-state index in [1.807, 2.05) is 0 Å². The van der Waals surface area contributed by atoms with E-state index in [-0.39, 0.29) is 0 Å². The molecule has 0 unspecified atom stereocenters. The van der Waals surface area contributed by atoms with E-state index in [9.17, 15) is 0 Å². The standard InChI is InChI=1S/C13H26/c1-12(2,3)8-10-7-11(10)9-13(4,5)6/h10-11H,7-9H2,1-6H3/t10-,11-/m0/s1. The first kappa shape index (κ1) is 11.1. The molecular weight excluding hydrogens is 156 g/mol. The van der Waals surface area contributed by atoms with Gasteiger partial charge in [0.05, 0.1) is 0 Å². The fourth-order valence-corrected chi connectivity index (χ4v) is 2.38. The largest absolute Gasteiger partial charge is 0.0602 e. The van der Waals surface area contributed by atoms with Gasteiger partial charge in [0, 0.05) is 0 Å². The monoisotopic (exact) mass is 182 g/mol. The van der Waals surface area contributed by atoms with E-state index in [4.69, 9.17) is 0 Å². The summed E-state index contributed by atoms with van der Waals surface area (Å²) in [5.74, 6) is 2.08. The molecule has 0 aromatic heterocycles. The molecule has 1 aliphatic rings. The molecule has 0 aromatic carbocycles. The van der Waals surface area contributed by atoms with Crippen LogP contribution >= 0.6 is 0 Å². The van der Waals surface area contributed by atoms with Crippen LogP contribution in [0.4, 0.5) is 0 Å². The van der Waals surface area contributed by atoms with E-state index in [0.717, 1.165) is 11.8 Å². The van der Waals surface area contributed by atoms with Crippen molar-refractivity contribution in [1.82, 2.24) is 0 Å². The zero-order valence-corrected chi connectivity index (χ0v) is 10.3. The van der Waals surface area contributed by atoms with Gasteiger partial charge in [-0.25, -0.2) is 0 Å². The lowest BCUT2D eigenvalue weighted by molar-refractivity contribution is 0.306. The fourth-order valence-electron chi connectivity index (χ4n) is 2.38. The maximum Gasteiger partial charge on any atom is -0.0378 e. The Labute approximate surface area is 84.1 Å². The van der Waals surface area contributed by atoms with E-state index in [2.05, 4.69) is 41.5 Å². The van der Waals surface area contributed by atoms with Crippen LogP contribution in [0, 0.1) is 22.7 Å². The highest BCUT2D eigenvalue weighted by molar-refractivity contribution is 4.91. The van der Waals surface area contributed by atoms with Crippen molar-refractivity contribution in [3.63, 3.8) is 0 Å². The summed E-state index contributed by atoms with van der Waals surface area (Å²) in [4.78, 5) is 0. The molecule has 0 heterocycles. The minimum Gasteiger partial charge on any atom is -0.0602 e. The van der Waals surface area contributed by atoms with Crippen LogP contribution in [0.15, 0.2) is 0 Å². The third-order valence-corrected chi connectivity index (χ3v) is 2.82. The van der Waals surface area contributed by atoms with E-state index in [1.54, 1.807) is 0 Å². The van der Waals surface area contributed by atoms with E-state index >= 15 is 0 Å². The Morgan fingerprint density at radius 1 is 0.769 bits per heavy atom. The second kappa shape index (κ2) is 3.29. The minimum absolute atomic E-state index is 0.539. The van der Waals surface area contributed by atoms with Crippen molar-refractivity contribution in [3.8, 4) is 0 Å². The average molecular weight is 182 g/mol. The van der Waals surface area contributed by atoms with Crippen LogP contribution in [0.25, 0.3) is 0 Å². The van der Waals surface area contributed by atoms with Crippen molar-refractivity contribution in [2.24, 2.45) is 22.7 Å². The highest BCUT2D eigenvalue weighted by Crippen LogP contribution is 2.51. The zero-order valence-electron chi connectivity index (χ0n) is 10.3. The van der Waals surface area contributed by atoms with Crippen LogP contribution in [0.3, 0.4) is 0 Å². The lowest BCUT2D eigenvalue weighted by Crippen LogP contribution is -2.09. The second-order valence-electron chi connectivity index (χ2n) is 7.29. The van der Waals surface area contributed by atoms with Crippen molar-refractivity contribution >= 4 is 0 Å². The van der Waals surface area contributed by atoms with Crippen LogP contribution in [-0.2, 0) is 0 Å². The van der Waals surface area contributed by atoms with E-state index in [0.29, 0.717) is 10.8 Å². The van der Waals surface area contributed by atoms with Gasteiger partial charge >= 0.3 is 0 Å². The molecule has 78 valence electrons. The summed E-state index contributed by atoms with van der Waals surface area (Å²) in [5.41, 5.74) is 1.08. The van der Waals surface area contributed by atoms with Crippen molar-refractivity contribution in [2.75, 3.05) is 0 Å². The Morgan fingerprint density at radius 2 is 1.08 bits per heavy atom. The summed E-state index contributed by atoms with van der Waals surface area (Å²) in [7, 11) is 0. The maximum atomic E-state index is 2.36. The lowest BCUT2D eigenvalue weighted by Gasteiger charge is -2.20. The van der Waals surface area contributed by atoms with Crippen LogP contribution in [-0.4, -0.2) is 0 Å². The van der Waals surface area contributed by atoms with Gasteiger partial charge in [-0.15, -0.1) is 0 Å². The maximum absolute atomic E-state index is 2.36. The van der Waals surface area contributed by atoms with Crippen LogP contribution < -0.4 is 0 Å². The Bertz CT molecular complexity index is 145. The molecule has 0 heteroatoms. The first-order valence-electron chi connectivity index (χ1n) is 5.67. The summed E-state index contributed by atoms with van der Waals surface area (Å²) >= 11 is 0. The van der Waals surface area contributed by atoms with Gasteiger partial charge in [0.1, 0.15) is 0 Å². The molecule has 1 aliphatic carbocycles. The predicted molar refractivity (Wildman–Crippen MR) is 59.7 cm³/mol. The molecule has 0 saturated heterocycles. The third-order valence-electron chi connectivity index (χ3n) is 2.82. The topological polar surface area (TPSA) is 0 Å². The predicted octanol–water partition coefficient (Wildman–Crippen LogP) is 4.49. The average Bonchev–Trinajstić information content (AvgIpc) is 2.36. The van der Waals surface area contributed by atoms with Gasteiger partial charge in [0.15, 0.2) is 0 Å². The van der Waals surface area contributed by atoms with Gasteiger partial charge in [-0.2, -0.15) is 0 Å². The summed E-state index contributed by atoms with van der Waals surface area (Å²) < 4.78 is 0. The Morgan fingerprint density at radius 3 is 1.31 bits per heavy atom. The van der Waals surface area contributed by atoms with Crippen LogP contribution in [0.5, 0.6) is 0 Å². The Kier molecular flexibility index (Phi) is 2.81. The summed E-state index contributed by atoms with van der Waals surface area (Å²) in [6, 6.07) is 0. The normalized spacial score (nSPS) is 29.1. The van der Waals surface area contributed by atoms with Crippen molar-refractivity contribution in [2.45, 2.75) is 60.8 Å². The first-order chi connectivity index (χ1) is 5.67. The second-order valence-corrected chi connectivity index (χ2v) is 7.29. The van der Waals surface area contributed by atoms with Gasteiger partial charge in [0.2, 0.25) is 0 Å². The van der Waals surface area contributed by atoms with Gasteiger partial charge in [0.25, 0.3) is 0 Å². The van der Waals surface area contributed by atoms with E-state index < -0.39 is 0 Å². The molecule has 0 aliphatic heterocycles. The fraction of sp³-hybridized carbons (Fsp3) is 1.00. The molecule has 1 saturated carbocycles. The molecule has 13 heavy (non-hydrogen) atoms. The SMILES string of the molecule is CC(C)(C)C[C@@H]1C[C@H]1CC(C)(C)C. The molecule has 0 N–H and O–H groups in total. The van der Waals surface area contributed by atoms with Crippen molar-refractivity contribution < 1.29 is 0 Å². The van der Waals surface area contributed by atoms with E-state index in [1.165, 1.54) is 19.3 Å². The van der Waals surface area contributed by atoms with Gasteiger partial charge in [-0.1, -0.05) is 41.5 Å². The summed E-state index contributed by atoms with van der Waals surface area (Å²) in [5, 5.41) is 0. The first-order valence-corrected chi connectivity index (χ1v) is 5.67. The lowest BCUT2D eigenvalue weighted by atomic mass is 9.85. The van der Waals surface area contributed by atoms with Crippen LogP contribution in [0.2, 0.25) is 0 Å². The highest BCUT2D eigenvalue weighted by atomic mass is 14.5. The molecule has 0 radical (unpaired) electrons. The molecule has 0 nitrogen and oxygen atoms in total. The number of rotatable bonds is 2. The molecule has 1 rings (SSSR count). The Hall–Kier alpha value is 0. The molecule has 0 amide bonds. The summed E-state index contributed by atoms with van der Waals surface area (Å²) in [6.45, 7) is 14.2. The molecule has 0 bridgehead atoms. The van der Waals surface area contributed by atoms with Crippen molar-refractivity contribution in [1.29, 1.82) is 0 Å². The number of hydrogen-bond acceptors (Lipinski definition) is 0. The number of hydrogen-bond donors (Lipinski definition) is 0. The smallest absolute Gasteiger partial charge is 0.0378 e. The molecule has 0 spiro atoms. The summed E-state index contributed by atoms with van der Waals surface area (Å²) in [6.07, 6.45) is 4.34. The minimum atomic E-state index is 0.539. The quantitative estimate of drug-likeness (QED) is 0.590. The molecule has 2 atom stereocenters. The Balaban J connectivity index is 2.24. The third kappa shape index (κ3) is 4.69. The molecule has 0 aromatic rings. The molecule has 1 fully saturated rings. The van der Waals surface area contributed by atoms with Gasteiger partial charge in [-0.3, -0.25) is 0 Å². The van der Waals surface area contributed by atoms with Gasteiger partial charge in [-0.05, 0) is 41.9 Å². The highest BCUT2D eigenvalue weighted by Gasteiger charge is 2.40. The molecular formula is C13H26.